The average molecular weight is 637 g/mol. The highest BCUT2D eigenvalue weighted by atomic mass is 15.0. The molecule has 0 saturated carbocycles. The van der Waals surface area contributed by atoms with E-state index in [0.717, 1.165) is 22.5 Å². The third-order valence-corrected chi connectivity index (χ3v) is 11.3. The third kappa shape index (κ3) is 3.55. The van der Waals surface area contributed by atoms with Gasteiger partial charge in [-0.1, -0.05) is 147 Å². The lowest BCUT2D eigenvalue weighted by atomic mass is 9.81. The molecule has 234 valence electrons. The predicted molar refractivity (Wildman–Crippen MR) is 212 cm³/mol. The second kappa shape index (κ2) is 9.90. The standard InChI is InChI=1S/C48H32N2/c1-48(2)40-20-10-7-15-33(40)37-27-28-38-34-16-9-12-22-42(34)50(47(38)45(37)48)30-25-23-29(24-26-30)46-44-36-18-6-4-14-32(36)31-13-3-5-17-35(31)43(44)39-19-8-11-21-41(39)49-46/h3-28H,1-2H3. The van der Waals surface area contributed by atoms with Gasteiger partial charge in [0.15, 0.2) is 0 Å². The second-order valence-electron chi connectivity index (χ2n) is 14.3. The van der Waals surface area contributed by atoms with E-state index >= 15 is 0 Å². The van der Waals surface area contributed by atoms with Crippen LogP contribution in [0.5, 0.6) is 0 Å². The van der Waals surface area contributed by atoms with Gasteiger partial charge in [0.2, 0.25) is 0 Å². The quantitative estimate of drug-likeness (QED) is 0.173. The molecule has 0 unspecified atom stereocenters. The summed E-state index contributed by atoms with van der Waals surface area (Å²) in [7, 11) is 0. The van der Waals surface area contributed by atoms with Crippen LogP contribution in [0, 0.1) is 0 Å². The van der Waals surface area contributed by atoms with Crippen LogP contribution in [-0.4, -0.2) is 9.55 Å². The van der Waals surface area contributed by atoms with Gasteiger partial charge in [-0.2, -0.15) is 0 Å². The Balaban J connectivity index is 1.20. The van der Waals surface area contributed by atoms with Crippen LogP contribution in [0.25, 0.3) is 93.1 Å². The first-order valence-corrected chi connectivity index (χ1v) is 17.5. The zero-order valence-corrected chi connectivity index (χ0v) is 27.9. The fraction of sp³-hybridized carbons (Fsp3) is 0.0625. The van der Waals surface area contributed by atoms with Gasteiger partial charge in [-0.15, -0.1) is 0 Å². The maximum atomic E-state index is 5.41. The fourth-order valence-electron chi connectivity index (χ4n) is 9.18. The van der Waals surface area contributed by atoms with Crippen molar-refractivity contribution in [1.29, 1.82) is 0 Å². The number of fused-ring (bicyclic) bond motifs is 15. The monoisotopic (exact) mass is 636 g/mol. The summed E-state index contributed by atoms with van der Waals surface area (Å²) in [5, 5.41) is 11.3. The van der Waals surface area contributed by atoms with Gasteiger partial charge in [0.05, 0.1) is 22.2 Å². The van der Waals surface area contributed by atoms with Gasteiger partial charge in [0.25, 0.3) is 0 Å². The molecular weight excluding hydrogens is 605 g/mol. The van der Waals surface area contributed by atoms with Gasteiger partial charge in [0.1, 0.15) is 0 Å². The van der Waals surface area contributed by atoms with Crippen LogP contribution < -0.4 is 0 Å². The molecule has 0 radical (unpaired) electrons. The van der Waals surface area contributed by atoms with Crippen LogP contribution in [0.4, 0.5) is 0 Å². The van der Waals surface area contributed by atoms with Crippen LogP contribution in [-0.2, 0) is 5.41 Å². The molecule has 0 N–H and O–H groups in total. The molecule has 10 aromatic rings. The number of hydrogen-bond donors (Lipinski definition) is 0. The Hall–Kier alpha value is -6.25. The van der Waals surface area contributed by atoms with Gasteiger partial charge >= 0.3 is 0 Å². The number of benzene rings is 8. The first-order chi connectivity index (χ1) is 24.6. The minimum Gasteiger partial charge on any atom is -0.309 e. The van der Waals surface area contributed by atoms with E-state index in [1.54, 1.807) is 0 Å². The average Bonchev–Trinajstić information content (AvgIpc) is 3.63. The largest absolute Gasteiger partial charge is 0.309 e. The van der Waals surface area contributed by atoms with Crippen molar-refractivity contribution in [1.82, 2.24) is 9.55 Å². The zero-order valence-electron chi connectivity index (χ0n) is 27.9. The van der Waals surface area contributed by atoms with Gasteiger partial charge in [0, 0.05) is 43.6 Å². The van der Waals surface area contributed by atoms with Crippen LogP contribution in [0.3, 0.4) is 0 Å². The van der Waals surface area contributed by atoms with E-state index < -0.39 is 0 Å². The molecule has 2 heteroatoms. The number of pyridine rings is 1. The predicted octanol–water partition coefficient (Wildman–Crippen LogP) is 12.8. The Morgan fingerprint density at radius 1 is 0.460 bits per heavy atom. The summed E-state index contributed by atoms with van der Waals surface area (Å²) >= 11 is 0. The van der Waals surface area contributed by atoms with Crippen LogP contribution in [0.15, 0.2) is 158 Å². The summed E-state index contributed by atoms with van der Waals surface area (Å²) in [5.41, 5.74) is 12.2. The number of hydrogen-bond acceptors (Lipinski definition) is 1. The Bertz CT molecular complexity index is 3050. The first-order valence-electron chi connectivity index (χ1n) is 17.5. The Morgan fingerprint density at radius 3 is 1.82 bits per heavy atom. The molecule has 1 aliphatic rings. The third-order valence-electron chi connectivity index (χ3n) is 11.3. The lowest BCUT2D eigenvalue weighted by Crippen LogP contribution is -2.16. The number of nitrogens with zero attached hydrogens (tertiary/aromatic N) is 2. The molecule has 0 bridgehead atoms. The molecule has 2 nitrogen and oxygen atoms in total. The Labute approximate surface area is 289 Å². The van der Waals surface area contributed by atoms with Crippen molar-refractivity contribution < 1.29 is 0 Å². The lowest BCUT2D eigenvalue weighted by molar-refractivity contribution is 0.664. The number of para-hydroxylation sites is 2. The fourth-order valence-corrected chi connectivity index (χ4v) is 9.18. The molecule has 0 amide bonds. The van der Waals surface area contributed by atoms with Crippen molar-refractivity contribution in [2.75, 3.05) is 0 Å². The Kier molecular flexibility index (Phi) is 5.48. The molecular formula is C48H32N2. The van der Waals surface area contributed by atoms with Crippen molar-refractivity contribution >= 4 is 65.0 Å². The molecule has 0 fully saturated rings. The van der Waals surface area contributed by atoms with E-state index in [-0.39, 0.29) is 5.41 Å². The minimum absolute atomic E-state index is 0.130. The molecule has 0 aliphatic heterocycles. The molecule has 0 atom stereocenters. The molecule has 0 spiro atoms. The van der Waals surface area contributed by atoms with E-state index in [2.05, 4.69) is 176 Å². The SMILES string of the molecule is CC1(C)c2ccccc2-c2ccc3c4ccccc4n(-c4ccc(-c5nc6ccccc6c6c7ccccc7c7ccccc7c56)cc4)c3c21. The molecule has 2 aromatic heterocycles. The van der Waals surface area contributed by atoms with E-state index in [1.165, 1.54) is 81.8 Å². The van der Waals surface area contributed by atoms with Gasteiger partial charge in [-0.25, -0.2) is 4.98 Å². The highest BCUT2D eigenvalue weighted by Crippen LogP contribution is 2.53. The lowest BCUT2D eigenvalue weighted by Gasteiger charge is -2.23. The van der Waals surface area contributed by atoms with Crippen LogP contribution >= 0.6 is 0 Å². The number of rotatable bonds is 2. The van der Waals surface area contributed by atoms with Crippen molar-refractivity contribution in [2.24, 2.45) is 0 Å². The van der Waals surface area contributed by atoms with Crippen molar-refractivity contribution in [3.05, 3.63) is 169 Å². The minimum atomic E-state index is -0.130. The zero-order chi connectivity index (χ0) is 33.1. The summed E-state index contributed by atoms with van der Waals surface area (Å²) in [5.74, 6) is 0. The Morgan fingerprint density at radius 2 is 1.06 bits per heavy atom. The second-order valence-corrected chi connectivity index (χ2v) is 14.3. The molecule has 8 aromatic carbocycles. The molecule has 50 heavy (non-hydrogen) atoms. The van der Waals surface area contributed by atoms with Crippen LogP contribution in [0.1, 0.15) is 25.0 Å². The summed E-state index contributed by atoms with van der Waals surface area (Å²) in [4.78, 5) is 5.41. The van der Waals surface area contributed by atoms with E-state index in [0.29, 0.717) is 0 Å². The van der Waals surface area contributed by atoms with Gasteiger partial charge < -0.3 is 4.57 Å². The smallest absolute Gasteiger partial charge is 0.0794 e. The molecule has 11 rings (SSSR count). The maximum absolute atomic E-state index is 5.41. The first kappa shape index (κ1) is 27.7. The van der Waals surface area contributed by atoms with Gasteiger partial charge in [-0.05, 0) is 68.1 Å². The highest BCUT2D eigenvalue weighted by Gasteiger charge is 2.38. The van der Waals surface area contributed by atoms with Gasteiger partial charge in [-0.3, -0.25) is 0 Å². The normalized spacial score (nSPS) is 13.6. The van der Waals surface area contributed by atoms with E-state index in [4.69, 9.17) is 4.98 Å². The van der Waals surface area contributed by atoms with Crippen LogP contribution in [0.2, 0.25) is 0 Å². The summed E-state index contributed by atoms with van der Waals surface area (Å²) in [6.07, 6.45) is 0. The summed E-state index contributed by atoms with van der Waals surface area (Å²) in [6, 6.07) is 57.8. The summed E-state index contributed by atoms with van der Waals surface area (Å²) < 4.78 is 2.50. The molecule has 0 saturated heterocycles. The van der Waals surface area contributed by atoms with Crippen molar-refractivity contribution in [3.8, 4) is 28.1 Å². The summed E-state index contributed by atoms with van der Waals surface area (Å²) in [6.45, 7) is 4.76. The topological polar surface area (TPSA) is 17.8 Å². The maximum Gasteiger partial charge on any atom is 0.0794 e. The van der Waals surface area contributed by atoms with Crippen molar-refractivity contribution in [2.45, 2.75) is 19.3 Å². The van der Waals surface area contributed by atoms with Crippen molar-refractivity contribution in [3.63, 3.8) is 0 Å². The number of aromatic nitrogens is 2. The molecule has 1 aliphatic carbocycles. The molecule has 2 heterocycles. The van der Waals surface area contributed by atoms with E-state index in [9.17, 15) is 0 Å². The highest BCUT2D eigenvalue weighted by molar-refractivity contribution is 6.33. The van der Waals surface area contributed by atoms with E-state index in [1.807, 2.05) is 0 Å².